The number of hydrogen-bond donors (Lipinski definition) is 2. The maximum absolute atomic E-state index is 12.7. The lowest BCUT2D eigenvalue weighted by molar-refractivity contribution is -0.159. The van der Waals surface area contributed by atoms with Crippen molar-refractivity contribution in [1.29, 1.82) is 0 Å². The lowest BCUT2D eigenvalue weighted by Crippen LogP contribution is -2.49. The van der Waals surface area contributed by atoms with E-state index in [1.165, 1.54) is 6.26 Å². The quantitative estimate of drug-likeness (QED) is 0.439. The molecule has 0 saturated carbocycles. The largest absolute Gasteiger partial charge is 0.473 e. The molecular formula is C19H18N4O7S. The molecule has 11 nitrogen and oxygen atoms in total. The summed E-state index contributed by atoms with van der Waals surface area (Å²) in [5.41, 5.74) is 2.18. The molecule has 0 unspecified atom stereocenters. The molecular weight excluding hydrogens is 428 g/mol. The van der Waals surface area contributed by atoms with Gasteiger partial charge in [0.25, 0.3) is 5.91 Å². The summed E-state index contributed by atoms with van der Waals surface area (Å²) >= 11 is 1.14. The van der Waals surface area contributed by atoms with Crippen molar-refractivity contribution < 1.29 is 33.8 Å². The average molecular weight is 446 g/mol. The molecule has 1 fully saturated rings. The van der Waals surface area contributed by atoms with Crippen molar-refractivity contribution in [3.8, 4) is 0 Å². The summed E-state index contributed by atoms with van der Waals surface area (Å²) < 4.78 is 13.5. The predicted octanol–water partition coefficient (Wildman–Crippen LogP) is 1.08. The first kappa shape index (κ1) is 22.1. The Bertz CT molecular complexity index is 1080. The SMILES string of the molecule is O=C(CN1CCN(C(=O)c2ccc3nsnc3c2)CC1)c1ccco1.O=C(O)C(=O)O. The van der Waals surface area contributed by atoms with E-state index in [2.05, 4.69) is 8.75 Å². The van der Waals surface area contributed by atoms with Crippen LogP contribution in [0.15, 0.2) is 41.0 Å². The van der Waals surface area contributed by atoms with Gasteiger partial charge >= 0.3 is 11.9 Å². The molecule has 12 heteroatoms. The van der Waals surface area contributed by atoms with Gasteiger partial charge in [0.2, 0.25) is 5.78 Å². The van der Waals surface area contributed by atoms with Crippen LogP contribution >= 0.6 is 11.7 Å². The molecule has 0 aliphatic carbocycles. The molecule has 2 aromatic heterocycles. The second kappa shape index (κ2) is 9.91. The molecule has 3 aromatic rings. The Morgan fingerprint density at radius 1 is 0.968 bits per heavy atom. The van der Waals surface area contributed by atoms with Crippen molar-refractivity contribution in [2.75, 3.05) is 32.7 Å². The molecule has 31 heavy (non-hydrogen) atoms. The Hall–Kier alpha value is -3.64. The van der Waals surface area contributed by atoms with E-state index in [4.69, 9.17) is 24.2 Å². The number of carbonyl (C=O) groups is 4. The van der Waals surface area contributed by atoms with Gasteiger partial charge in [0.15, 0.2) is 5.76 Å². The maximum Gasteiger partial charge on any atom is 0.414 e. The van der Waals surface area contributed by atoms with Gasteiger partial charge in [0, 0.05) is 31.7 Å². The number of furan rings is 1. The van der Waals surface area contributed by atoms with Gasteiger partial charge in [-0.15, -0.1) is 0 Å². The first-order chi connectivity index (χ1) is 14.8. The summed E-state index contributed by atoms with van der Waals surface area (Å²) in [5.74, 6) is -3.31. The third kappa shape index (κ3) is 5.71. The normalized spacial score (nSPS) is 14.0. The lowest BCUT2D eigenvalue weighted by atomic mass is 10.1. The summed E-state index contributed by atoms with van der Waals surface area (Å²) in [7, 11) is 0. The van der Waals surface area contributed by atoms with E-state index < -0.39 is 11.9 Å². The number of carboxylic acid groups (broad SMARTS) is 2. The van der Waals surface area contributed by atoms with E-state index in [0.717, 1.165) is 22.8 Å². The Kier molecular flexibility index (Phi) is 7.05. The number of nitrogens with zero attached hydrogens (tertiary/aromatic N) is 4. The summed E-state index contributed by atoms with van der Waals surface area (Å²) in [6.07, 6.45) is 1.50. The molecule has 0 atom stereocenters. The van der Waals surface area contributed by atoms with Gasteiger partial charge in [-0.3, -0.25) is 14.5 Å². The van der Waals surface area contributed by atoms with Gasteiger partial charge in [-0.1, -0.05) is 0 Å². The standard InChI is InChI=1S/C17H16N4O3S.C2H2O4/c22-15(16-2-1-9-24-16)11-20-5-7-21(8-6-20)17(23)12-3-4-13-14(10-12)19-25-18-13;3-1(4)2(5)6/h1-4,9-10H,5-8,11H2;(H,3,4)(H,5,6). The van der Waals surface area contributed by atoms with Crippen molar-refractivity contribution in [2.24, 2.45) is 0 Å². The monoisotopic (exact) mass is 446 g/mol. The zero-order valence-electron chi connectivity index (χ0n) is 16.1. The molecule has 2 N–H and O–H groups in total. The van der Waals surface area contributed by atoms with Gasteiger partial charge in [-0.2, -0.15) is 8.75 Å². The number of piperazine rings is 1. The number of carboxylic acids is 2. The molecule has 162 valence electrons. The second-order valence-corrected chi connectivity index (χ2v) is 7.08. The van der Waals surface area contributed by atoms with Crippen LogP contribution in [0.5, 0.6) is 0 Å². The number of rotatable bonds is 4. The summed E-state index contributed by atoms with van der Waals surface area (Å²) in [4.78, 5) is 46.8. The van der Waals surface area contributed by atoms with Gasteiger partial charge < -0.3 is 19.5 Å². The lowest BCUT2D eigenvalue weighted by Gasteiger charge is -2.34. The zero-order chi connectivity index (χ0) is 22.4. The van der Waals surface area contributed by atoms with E-state index in [9.17, 15) is 9.59 Å². The number of fused-ring (bicyclic) bond motifs is 1. The predicted molar refractivity (Wildman–Crippen MR) is 108 cm³/mol. The highest BCUT2D eigenvalue weighted by molar-refractivity contribution is 7.00. The molecule has 4 rings (SSSR count). The Morgan fingerprint density at radius 2 is 1.65 bits per heavy atom. The molecule has 0 bridgehead atoms. The molecule has 1 saturated heterocycles. The zero-order valence-corrected chi connectivity index (χ0v) is 16.9. The van der Waals surface area contributed by atoms with Crippen LogP contribution < -0.4 is 0 Å². The number of benzene rings is 1. The van der Waals surface area contributed by atoms with Crippen molar-refractivity contribution in [2.45, 2.75) is 0 Å². The third-order valence-corrected chi connectivity index (χ3v) is 5.06. The van der Waals surface area contributed by atoms with E-state index in [1.54, 1.807) is 24.3 Å². The van der Waals surface area contributed by atoms with Gasteiger partial charge in [-0.05, 0) is 30.3 Å². The number of amides is 1. The molecule has 1 aliphatic rings. The van der Waals surface area contributed by atoms with E-state index >= 15 is 0 Å². The fraction of sp³-hybridized carbons (Fsp3) is 0.263. The second-order valence-electron chi connectivity index (χ2n) is 6.55. The minimum Gasteiger partial charge on any atom is -0.473 e. The van der Waals surface area contributed by atoms with E-state index in [0.29, 0.717) is 44.0 Å². The van der Waals surface area contributed by atoms with Crippen LogP contribution in [0.3, 0.4) is 0 Å². The van der Waals surface area contributed by atoms with Crippen molar-refractivity contribution in [3.63, 3.8) is 0 Å². The number of carbonyl (C=O) groups excluding carboxylic acids is 2. The number of aromatic nitrogens is 2. The van der Waals surface area contributed by atoms with Crippen molar-refractivity contribution >= 4 is 46.4 Å². The minimum absolute atomic E-state index is 0.00749. The van der Waals surface area contributed by atoms with Gasteiger partial charge in [0.1, 0.15) is 11.0 Å². The minimum atomic E-state index is -1.82. The van der Waals surface area contributed by atoms with Crippen LogP contribution in [0.1, 0.15) is 20.9 Å². The van der Waals surface area contributed by atoms with E-state index in [1.807, 2.05) is 15.9 Å². The smallest absolute Gasteiger partial charge is 0.414 e. The molecule has 0 radical (unpaired) electrons. The number of hydrogen-bond acceptors (Lipinski definition) is 9. The van der Waals surface area contributed by atoms with Crippen LogP contribution in [0.4, 0.5) is 0 Å². The topological polar surface area (TPSA) is 154 Å². The summed E-state index contributed by atoms with van der Waals surface area (Å²) in [5, 5.41) is 14.8. The highest BCUT2D eigenvalue weighted by Crippen LogP contribution is 2.16. The molecule has 0 spiro atoms. The highest BCUT2D eigenvalue weighted by atomic mass is 32.1. The fourth-order valence-corrected chi connectivity index (χ4v) is 3.44. The molecule has 3 heterocycles. The van der Waals surface area contributed by atoms with Crippen LogP contribution in [0, 0.1) is 0 Å². The molecule has 1 amide bonds. The van der Waals surface area contributed by atoms with Gasteiger partial charge in [0.05, 0.1) is 24.5 Å². The Morgan fingerprint density at radius 3 is 2.26 bits per heavy atom. The van der Waals surface area contributed by atoms with Crippen molar-refractivity contribution in [1.82, 2.24) is 18.5 Å². The van der Waals surface area contributed by atoms with Crippen LogP contribution in [-0.2, 0) is 9.59 Å². The first-order valence-electron chi connectivity index (χ1n) is 9.12. The van der Waals surface area contributed by atoms with E-state index in [-0.39, 0.29) is 11.7 Å². The Balaban J connectivity index is 0.000000401. The van der Waals surface area contributed by atoms with Crippen LogP contribution in [0.25, 0.3) is 11.0 Å². The van der Waals surface area contributed by atoms with Crippen LogP contribution in [-0.4, -0.2) is 85.1 Å². The summed E-state index contributed by atoms with van der Waals surface area (Å²) in [6.45, 7) is 2.83. The molecule has 1 aromatic carbocycles. The Labute approximate surface area is 179 Å². The van der Waals surface area contributed by atoms with Gasteiger partial charge in [-0.25, -0.2) is 9.59 Å². The fourth-order valence-electron chi connectivity index (χ4n) is 2.93. The summed E-state index contributed by atoms with van der Waals surface area (Å²) in [6, 6.07) is 8.78. The first-order valence-corrected chi connectivity index (χ1v) is 9.85. The average Bonchev–Trinajstić information content (AvgIpc) is 3.45. The number of Topliss-reactive ketones (excluding diaryl/α,β-unsaturated/α-hetero) is 1. The molecule has 1 aliphatic heterocycles. The van der Waals surface area contributed by atoms with Crippen molar-refractivity contribution in [3.05, 3.63) is 47.9 Å². The van der Waals surface area contributed by atoms with Crippen LogP contribution in [0.2, 0.25) is 0 Å². The highest BCUT2D eigenvalue weighted by Gasteiger charge is 2.24. The third-order valence-electron chi connectivity index (χ3n) is 4.51. The number of aliphatic carboxylic acids is 2. The maximum atomic E-state index is 12.7. The number of ketones is 1.